The Hall–Kier alpha value is -3.43. The quantitative estimate of drug-likeness (QED) is 0.368. The molecule has 0 spiro atoms. The molecule has 0 saturated carbocycles. The summed E-state index contributed by atoms with van der Waals surface area (Å²) in [5.74, 6) is -1.92. The number of hydrogen-bond acceptors (Lipinski definition) is 6. The first kappa shape index (κ1) is 22.8. The lowest BCUT2D eigenvalue weighted by atomic mass is 10.1. The lowest BCUT2D eigenvalue weighted by molar-refractivity contribution is -0.119. The number of anilines is 1. The van der Waals surface area contributed by atoms with Crippen molar-refractivity contribution in [2.75, 3.05) is 11.9 Å². The molecule has 8 nitrogen and oxygen atoms in total. The highest BCUT2D eigenvalue weighted by Gasteiger charge is 2.36. The van der Waals surface area contributed by atoms with E-state index in [1.54, 1.807) is 31.2 Å². The standard InChI is InChI=1S/C23H16BrClN2O6/c1-12-7-17(24)18(25)9-19(12)26-20(28)11-33-23(31)13-4-5-15-16(8-13)22(30)27(21(15)29)10-14-3-2-6-32-14/h2-9H,10-11H2,1H3,(H,26,28). The van der Waals surface area contributed by atoms with E-state index in [-0.39, 0.29) is 23.2 Å². The summed E-state index contributed by atoms with van der Waals surface area (Å²) >= 11 is 9.35. The summed E-state index contributed by atoms with van der Waals surface area (Å²) < 4.78 is 11.0. The number of halogens is 2. The Labute approximate surface area is 201 Å². The van der Waals surface area contributed by atoms with Gasteiger partial charge in [-0.3, -0.25) is 19.3 Å². The highest BCUT2D eigenvalue weighted by atomic mass is 79.9. The van der Waals surface area contributed by atoms with Crippen LogP contribution >= 0.6 is 27.5 Å². The molecule has 1 aliphatic heterocycles. The third kappa shape index (κ3) is 4.69. The van der Waals surface area contributed by atoms with Crippen LogP contribution in [0.1, 0.15) is 42.4 Å². The molecular formula is C23H16BrClN2O6. The fourth-order valence-corrected chi connectivity index (χ4v) is 3.92. The molecular weight excluding hydrogens is 516 g/mol. The van der Waals surface area contributed by atoms with Gasteiger partial charge in [-0.15, -0.1) is 0 Å². The van der Waals surface area contributed by atoms with Gasteiger partial charge in [-0.2, -0.15) is 0 Å². The Morgan fingerprint density at radius 3 is 2.61 bits per heavy atom. The third-order valence-electron chi connectivity index (χ3n) is 4.98. The number of carbonyl (C=O) groups excluding carboxylic acids is 4. The molecule has 10 heteroatoms. The van der Waals surface area contributed by atoms with Gasteiger partial charge in [0.1, 0.15) is 5.76 Å². The maximum absolute atomic E-state index is 12.7. The number of furan rings is 1. The summed E-state index contributed by atoms with van der Waals surface area (Å²) in [7, 11) is 0. The van der Waals surface area contributed by atoms with Crippen molar-refractivity contribution in [3.05, 3.63) is 86.2 Å². The zero-order valence-electron chi connectivity index (χ0n) is 17.2. The molecule has 0 atom stereocenters. The van der Waals surface area contributed by atoms with Crippen LogP contribution in [-0.2, 0) is 16.1 Å². The molecule has 1 aliphatic rings. The second-order valence-corrected chi connectivity index (χ2v) is 8.50. The molecule has 0 fully saturated rings. The highest BCUT2D eigenvalue weighted by molar-refractivity contribution is 9.10. The number of hydrogen-bond donors (Lipinski definition) is 1. The van der Waals surface area contributed by atoms with Gasteiger partial charge in [-0.25, -0.2) is 4.79 Å². The summed E-state index contributed by atoms with van der Waals surface area (Å²) in [6.07, 6.45) is 1.45. The number of ether oxygens (including phenoxy) is 1. The molecule has 0 radical (unpaired) electrons. The summed E-state index contributed by atoms with van der Waals surface area (Å²) in [5, 5.41) is 3.05. The van der Waals surface area contributed by atoms with Gasteiger partial charge >= 0.3 is 5.97 Å². The van der Waals surface area contributed by atoms with Crippen molar-refractivity contribution < 1.29 is 28.3 Å². The Kier molecular flexibility index (Phi) is 6.35. The van der Waals surface area contributed by atoms with Gasteiger partial charge in [0.05, 0.1) is 34.5 Å². The molecule has 3 aromatic rings. The SMILES string of the molecule is Cc1cc(Br)c(Cl)cc1NC(=O)COC(=O)c1ccc2c(c1)C(=O)N(Cc1ccco1)C2=O. The van der Waals surface area contributed by atoms with Crippen molar-refractivity contribution in [2.24, 2.45) is 0 Å². The van der Waals surface area contributed by atoms with Crippen molar-refractivity contribution in [1.82, 2.24) is 4.90 Å². The molecule has 33 heavy (non-hydrogen) atoms. The number of carbonyl (C=O) groups is 4. The van der Waals surface area contributed by atoms with E-state index in [1.165, 1.54) is 24.5 Å². The van der Waals surface area contributed by atoms with E-state index in [2.05, 4.69) is 21.2 Å². The van der Waals surface area contributed by atoms with E-state index in [0.717, 1.165) is 10.5 Å². The minimum absolute atomic E-state index is 0.0151. The predicted molar refractivity (Wildman–Crippen MR) is 122 cm³/mol. The maximum Gasteiger partial charge on any atom is 0.338 e. The molecule has 0 unspecified atom stereocenters. The first-order valence-electron chi connectivity index (χ1n) is 9.70. The number of nitrogens with zero attached hydrogens (tertiary/aromatic N) is 1. The fraction of sp³-hybridized carbons (Fsp3) is 0.130. The number of imide groups is 1. The van der Waals surface area contributed by atoms with Crippen molar-refractivity contribution >= 4 is 56.9 Å². The van der Waals surface area contributed by atoms with Gasteiger partial charge in [0.2, 0.25) is 0 Å². The second kappa shape index (κ2) is 9.21. The lowest BCUT2D eigenvalue weighted by Gasteiger charge is -2.11. The van der Waals surface area contributed by atoms with E-state index >= 15 is 0 Å². The second-order valence-electron chi connectivity index (χ2n) is 7.24. The minimum atomic E-state index is -0.803. The zero-order chi connectivity index (χ0) is 23.7. The first-order chi connectivity index (χ1) is 15.7. The summed E-state index contributed by atoms with van der Waals surface area (Å²) in [6.45, 7) is 1.24. The molecule has 1 aromatic heterocycles. The minimum Gasteiger partial charge on any atom is -0.467 e. The Morgan fingerprint density at radius 2 is 1.88 bits per heavy atom. The van der Waals surface area contributed by atoms with Crippen LogP contribution < -0.4 is 5.32 Å². The monoisotopic (exact) mass is 530 g/mol. The smallest absolute Gasteiger partial charge is 0.338 e. The molecule has 3 amide bonds. The van der Waals surface area contributed by atoms with Gasteiger partial charge in [0.15, 0.2) is 6.61 Å². The van der Waals surface area contributed by atoms with Crippen LogP contribution in [0.2, 0.25) is 5.02 Å². The van der Waals surface area contributed by atoms with E-state index in [0.29, 0.717) is 20.9 Å². The van der Waals surface area contributed by atoms with Crippen LogP contribution in [0.15, 0.2) is 57.6 Å². The lowest BCUT2D eigenvalue weighted by Crippen LogP contribution is -2.28. The highest BCUT2D eigenvalue weighted by Crippen LogP contribution is 2.29. The molecule has 2 aromatic carbocycles. The predicted octanol–water partition coefficient (Wildman–Crippen LogP) is 4.60. The normalized spacial score (nSPS) is 12.6. The molecule has 0 bridgehead atoms. The number of nitrogens with one attached hydrogen (secondary N) is 1. The Balaban J connectivity index is 1.41. The molecule has 1 N–H and O–H groups in total. The first-order valence-corrected chi connectivity index (χ1v) is 10.9. The van der Waals surface area contributed by atoms with Crippen molar-refractivity contribution in [2.45, 2.75) is 13.5 Å². The van der Waals surface area contributed by atoms with Crippen LogP contribution in [-0.4, -0.2) is 35.2 Å². The number of amides is 3. The molecule has 0 saturated heterocycles. The fourth-order valence-electron chi connectivity index (χ4n) is 3.30. The van der Waals surface area contributed by atoms with E-state index in [4.69, 9.17) is 20.8 Å². The molecule has 168 valence electrons. The number of benzene rings is 2. The topological polar surface area (TPSA) is 106 Å². The van der Waals surface area contributed by atoms with Crippen LogP contribution in [0.25, 0.3) is 0 Å². The summed E-state index contributed by atoms with van der Waals surface area (Å²) in [5.41, 5.74) is 1.58. The van der Waals surface area contributed by atoms with Crippen molar-refractivity contribution in [1.29, 1.82) is 0 Å². The molecule has 4 rings (SSSR count). The van der Waals surface area contributed by atoms with Crippen LogP contribution in [0.3, 0.4) is 0 Å². The third-order valence-corrected chi connectivity index (χ3v) is 6.17. The van der Waals surface area contributed by atoms with Crippen LogP contribution in [0, 0.1) is 6.92 Å². The van der Waals surface area contributed by atoms with Gasteiger partial charge in [-0.05, 0) is 70.9 Å². The van der Waals surface area contributed by atoms with Crippen LogP contribution in [0.4, 0.5) is 5.69 Å². The van der Waals surface area contributed by atoms with Gasteiger partial charge in [0.25, 0.3) is 17.7 Å². The number of aryl methyl sites for hydroxylation is 1. The molecule has 2 heterocycles. The van der Waals surface area contributed by atoms with Crippen molar-refractivity contribution in [3.63, 3.8) is 0 Å². The van der Waals surface area contributed by atoms with Gasteiger partial charge < -0.3 is 14.5 Å². The summed E-state index contributed by atoms with van der Waals surface area (Å²) in [4.78, 5) is 50.9. The van der Waals surface area contributed by atoms with E-state index < -0.39 is 30.3 Å². The largest absolute Gasteiger partial charge is 0.467 e. The average Bonchev–Trinajstić information content (AvgIpc) is 3.38. The maximum atomic E-state index is 12.7. The average molecular weight is 532 g/mol. The number of rotatable bonds is 6. The molecule has 0 aliphatic carbocycles. The summed E-state index contributed by atoms with van der Waals surface area (Å²) in [6, 6.07) is 10.7. The Bertz CT molecular complexity index is 1290. The number of esters is 1. The van der Waals surface area contributed by atoms with E-state index in [1.807, 2.05) is 0 Å². The van der Waals surface area contributed by atoms with E-state index in [9.17, 15) is 19.2 Å². The van der Waals surface area contributed by atoms with Crippen LogP contribution in [0.5, 0.6) is 0 Å². The van der Waals surface area contributed by atoms with Crippen molar-refractivity contribution in [3.8, 4) is 0 Å². The number of fused-ring (bicyclic) bond motifs is 1. The zero-order valence-corrected chi connectivity index (χ0v) is 19.5. The van der Waals surface area contributed by atoms with Gasteiger partial charge in [0, 0.05) is 10.2 Å². The Morgan fingerprint density at radius 1 is 1.12 bits per heavy atom. The van der Waals surface area contributed by atoms with Gasteiger partial charge in [-0.1, -0.05) is 11.6 Å².